The Bertz CT molecular complexity index is 971. The molecule has 7 heteroatoms. The number of carbonyl (C=O) groups is 1. The van der Waals surface area contributed by atoms with Gasteiger partial charge in [0.25, 0.3) is 0 Å². The van der Waals surface area contributed by atoms with Gasteiger partial charge in [-0.2, -0.15) is 0 Å². The number of rotatable bonds is 1. The Labute approximate surface area is 171 Å². The van der Waals surface area contributed by atoms with E-state index in [1.807, 2.05) is 32.4 Å². The molecule has 1 aromatic heterocycles. The van der Waals surface area contributed by atoms with Gasteiger partial charge in [-0.1, -0.05) is 23.4 Å². The normalized spacial score (nSPS) is 19.1. The van der Waals surface area contributed by atoms with Crippen LogP contribution in [-0.2, 0) is 11.3 Å². The summed E-state index contributed by atoms with van der Waals surface area (Å²) >= 11 is 0. The molecule has 7 nitrogen and oxygen atoms in total. The van der Waals surface area contributed by atoms with E-state index in [1.165, 1.54) is 5.57 Å². The number of hydrogen-bond acceptors (Lipinski definition) is 5. The molecule has 1 N–H and O–H groups in total. The van der Waals surface area contributed by atoms with Gasteiger partial charge in [0.15, 0.2) is 0 Å². The number of aliphatic hydroxyl groups excluding tert-OH is 1. The molecule has 0 radical (unpaired) electrons. The van der Waals surface area contributed by atoms with Crippen molar-refractivity contribution < 1.29 is 14.6 Å². The fraction of sp³-hybridized carbons (Fsp3) is 0.500. The van der Waals surface area contributed by atoms with Crippen LogP contribution < -0.4 is 0 Å². The van der Waals surface area contributed by atoms with Crippen molar-refractivity contribution in [3.05, 3.63) is 41.1 Å². The molecule has 3 heterocycles. The van der Waals surface area contributed by atoms with E-state index in [0.717, 1.165) is 34.5 Å². The number of aromatic nitrogens is 3. The fourth-order valence-corrected chi connectivity index (χ4v) is 3.97. The molecule has 29 heavy (non-hydrogen) atoms. The van der Waals surface area contributed by atoms with Crippen molar-refractivity contribution in [1.29, 1.82) is 0 Å². The first-order chi connectivity index (χ1) is 13.7. The number of aliphatic hydroxyl groups is 1. The summed E-state index contributed by atoms with van der Waals surface area (Å²) in [6.07, 6.45) is 2.63. The predicted molar refractivity (Wildman–Crippen MR) is 110 cm³/mol. The maximum absolute atomic E-state index is 12.3. The Morgan fingerprint density at radius 1 is 1.28 bits per heavy atom. The highest BCUT2D eigenvalue weighted by Gasteiger charge is 2.26. The summed E-state index contributed by atoms with van der Waals surface area (Å²) in [5.74, 6) is 0. The summed E-state index contributed by atoms with van der Waals surface area (Å²) in [6, 6.07) is 6.22. The summed E-state index contributed by atoms with van der Waals surface area (Å²) in [4.78, 5) is 14.0. The molecule has 2 aliphatic rings. The molecule has 0 saturated carbocycles. The van der Waals surface area contributed by atoms with Crippen molar-refractivity contribution in [2.75, 3.05) is 13.1 Å². The van der Waals surface area contributed by atoms with E-state index >= 15 is 0 Å². The number of benzene rings is 1. The second-order valence-corrected chi connectivity index (χ2v) is 8.76. The maximum atomic E-state index is 12.3. The first-order valence-corrected chi connectivity index (χ1v) is 10.1. The molecule has 2 aromatic rings. The minimum Gasteiger partial charge on any atom is -0.444 e. The lowest BCUT2D eigenvalue weighted by Crippen LogP contribution is -2.39. The van der Waals surface area contributed by atoms with E-state index in [-0.39, 0.29) is 6.09 Å². The number of aryl methyl sites for hydroxylation is 2. The average Bonchev–Trinajstić information content (AvgIpc) is 2.97. The van der Waals surface area contributed by atoms with Gasteiger partial charge in [0.1, 0.15) is 5.60 Å². The lowest BCUT2D eigenvalue weighted by molar-refractivity contribution is 0.0270. The van der Waals surface area contributed by atoms with Gasteiger partial charge < -0.3 is 14.7 Å². The third-order valence-corrected chi connectivity index (χ3v) is 5.42. The molecule has 1 atom stereocenters. The molecule has 1 aromatic carbocycles. The summed E-state index contributed by atoms with van der Waals surface area (Å²) in [5, 5.41) is 19.1. The van der Waals surface area contributed by atoms with Gasteiger partial charge in [-0.15, -0.1) is 5.10 Å². The molecule has 0 fully saturated rings. The van der Waals surface area contributed by atoms with E-state index in [9.17, 15) is 9.90 Å². The number of nitrogens with zero attached hydrogens (tertiary/aromatic N) is 4. The lowest BCUT2D eigenvalue weighted by Gasteiger charge is -2.29. The Morgan fingerprint density at radius 2 is 2.07 bits per heavy atom. The van der Waals surface area contributed by atoms with Crippen LogP contribution in [0.1, 0.15) is 56.5 Å². The summed E-state index contributed by atoms with van der Waals surface area (Å²) < 4.78 is 7.35. The van der Waals surface area contributed by atoms with Gasteiger partial charge in [0.2, 0.25) is 0 Å². The SMILES string of the molecule is Cc1nnn2c1-c1ccc(C3=CCN(C(=O)OC(C)(C)C)CC3)cc1C(O)CC2. The van der Waals surface area contributed by atoms with Gasteiger partial charge >= 0.3 is 6.09 Å². The number of ether oxygens (including phenoxy) is 1. The smallest absolute Gasteiger partial charge is 0.410 e. The summed E-state index contributed by atoms with van der Waals surface area (Å²) in [7, 11) is 0. The highest BCUT2D eigenvalue weighted by Crippen LogP contribution is 2.37. The van der Waals surface area contributed by atoms with Crippen LogP contribution in [0.15, 0.2) is 24.3 Å². The molecular formula is C22H28N4O3. The molecule has 0 saturated heterocycles. The first kappa shape index (κ1) is 19.6. The van der Waals surface area contributed by atoms with Crippen LogP contribution in [0.2, 0.25) is 0 Å². The van der Waals surface area contributed by atoms with E-state index in [1.54, 1.807) is 4.90 Å². The number of hydrogen-bond donors (Lipinski definition) is 1. The van der Waals surface area contributed by atoms with Crippen molar-refractivity contribution in [3.63, 3.8) is 0 Å². The highest BCUT2D eigenvalue weighted by molar-refractivity contribution is 5.76. The van der Waals surface area contributed by atoms with Crippen LogP contribution in [-0.4, -0.2) is 49.8 Å². The van der Waals surface area contributed by atoms with Crippen molar-refractivity contribution in [1.82, 2.24) is 19.9 Å². The second-order valence-electron chi connectivity index (χ2n) is 8.76. The minimum absolute atomic E-state index is 0.276. The zero-order valence-corrected chi connectivity index (χ0v) is 17.5. The zero-order chi connectivity index (χ0) is 20.8. The van der Waals surface area contributed by atoms with Gasteiger partial charge in [-0.05, 0) is 63.3 Å². The molecular weight excluding hydrogens is 368 g/mol. The average molecular weight is 396 g/mol. The largest absolute Gasteiger partial charge is 0.444 e. The number of amides is 1. The monoisotopic (exact) mass is 396 g/mol. The summed E-state index contributed by atoms with van der Waals surface area (Å²) in [5.41, 5.74) is 5.55. The van der Waals surface area contributed by atoms with Crippen LogP contribution in [0, 0.1) is 6.92 Å². The molecule has 0 spiro atoms. The van der Waals surface area contributed by atoms with Crippen LogP contribution in [0.5, 0.6) is 0 Å². The molecule has 0 bridgehead atoms. The Hall–Kier alpha value is -2.67. The lowest BCUT2D eigenvalue weighted by atomic mass is 9.91. The van der Waals surface area contributed by atoms with Gasteiger partial charge in [-0.25, -0.2) is 9.48 Å². The van der Waals surface area contributed by atoms with E-state index < -0.39 is 11.7 Å². The first-order valence-electron chi connectivity index (χ1n) is 10.1. The van der Waals surface area contributed by atoms with Crippen LogP contribution in [0.3, 0.4) is 0 Å². The minimum atomic E-state index is -0.534. The third-order valence-electron chi connectivity index (χ3n) is 5.42. The maximum Gasteiger partial charge on any atom is 0.410 e. The quantitative estimate of drug-likeness (QED) is 0.795. The molecule has 154 valence electrons. The second kappa shape index (κ2) is 7.30. The van der Waals surface area contributed by atoms with Crippen LogP contribution in [0.4, 0.5) is 4.79 Å². The van der Waals surface area contributed by atoms with Crippen molar-refractivity contribution in [2.24, 2.45) is 0 Å². The third kappa shape index (κ3) is 3.92. The van der Waals surface area contributed by atoms with E-state index in [2.05, 4.69) is 34.6 Å². The van der Waals surface area contributed by atoms with E-state index in [0.29, 0.717) is 26.1 Å². The van der Waals surface area contributed by atoms with Gasteiger partial charge in [-0.3, -0.25) is 0 Å². The van der Waals surface area contributed by atoms with Gasteiger partial charge in [0.05, 0.1) is 17.5 Å². The summed E-state index contributed by atoms with van der Waals surface area (Å²) in [6.45, 7) is 9.37. The Kier molecular flexibility index (Phi) is 4.94. The van der Waals surface area contributed by atoms with Crippen LogP contribution >= 0.6 is 0 Å². The molecule has 4 rings (SSSR count). The van der Waals surface area contributed by atoms with E-state index in [4.69, 9.17) is 4.74 Å². The van der Waals surface area contributed by atoms with Gasteiger partial charge in [0, 0.05) is 25.2 Å². The molecule has 2 aliphatic heterocycles. The van der Waals surface area contributed by atoms with Crippen molar-refractivity contribution in [3.8, 4) is 11.3 Å². The molecule has 1 unspecified atom stereocenters. The Balaban J connectivity index is 1.59. The number of carbonyl (C=O) groups excluding carboxylic acids is 1. The zero-order valence-electron chi connectivity index (χ0n) is 17.5. The molecule has 0 aliphatic carbocycles. The predicted octanol–water partition coefficient (Wildman–Crippen LogP) is 3.71. The highest BCUT2D eigenvalue weighted by atomic mass is 16.6. The molecule has 1 amide bonds. The van der Waals surface area contributed by atoms with Crippen molar-refractivity contribution in [2.45, 2.75) is 58.8 Å². The Morgan fingerprint density at radius 3 is 2.76 bits per heavy atom. The topological polar surface area (TPSA) is 80.5 Å². The number of fused-ring (bicyclic) bond motifs is 3. The van der Waals surface area contributed by atoms with Crippen LogP contribution in [0.25, 0.3) is 16.8 Å². The standard InChI is InChI=1S/C22H28N4O3/c1-14-20-17-6-5-16(13-18(17)19(27)9-12-26(20)24-23-14)15-7-10-25(11-8-15)21(28)29-22(2,3)4/h5-7,13,19,27H,8-12H2,1-4H3. The fourth-order valence-electron chi connectivity index (χ4n) is 3.97. The van der Waals surface area contributed by atoms with Crippen molar-refractivity contribution >= 4 is 11.7 Å².